The highest BCUT2D eigenvalue weighted by Crippen LogP contribution is 2.30. The first-order valence-corrected chi connectivity index (χ1v) is 7.55. The minimum Gasteiger partial charge on any atom is -0.469 e. The van der Waals surface area contributed by atoms with Gasteiger partial charge in [0.05, 0.1) is 12.3 Å². The Bertz CT molecular complexity index is 724. The van der Waals surface area contributed by atoms with E-state index >= 15 is 0 Å². The van der Waals surface area contributed by atoms with Gasteiger partial charge in [0.2, 0.25) is 0 Å². The average Bonchev–Trinajstić information content (AvgIpc) is 2.94. The summed E-state index contributed by atoms with van der Waals surface area (Å²) >= 11 is 0. The molecule has 2 heteroatoms. The van der Waals surface area contributed by atoms with E-state index in [0.29, 0.717) is 0 Å². The van der Waals surface area contributed by atoms with E-state index in [4.69, 9.17) is 4.42 Å². The number of hydrogen-bond donors (Lipinski definition) is 1. The SMILES string of the molecule is CCCNC(c1coc(C)c1)c1cccc2ccccc12. The highest BCUT2D eigenvalue weighted by atomic mass is 16.3. The molecule has 0 aliphatic carbocycles. The van der Waals surface area contributed by atoms with E-state index < -0.39 is 0 Å². The third-order valence-corrected chi connectivity index (χ3v) is 3.82. The van der Waals surface area contributed by atoms with E-state index in [2.05, 4.69) is 60.8 Å². The Balaban J connectivity index is 2.09. The van der Waals surface area contributed by atoms with E-state index in [1.54, 1.807) is 0 Å². The zero-order valence-corrected chi connectivity index (χ0v) is 12.6. The van der Waals surface area contributed by atoms with Crippen molar-refractivity contribution >= 4 is 10.8 Å². The summed E-state index contributed by atoms with van der Waals surface area (Å²) in [6.45, 7) is 5.16. The summed E-state index contributed by atoms with van der Waals surface area (Å²) in [7, 11) is 0. The van der Waals surface area contributed by atoms with Gasteiger partial charge in [0.15, 0.2) is 0 Å². The molecule has 1 unspecified atom stereocenters. The van der Waals surface area contributed by atoms with Gasteiger partial charge in [-0.2, -0.15) is 0 Å². The van der Waals surface area contributed by atoms with Gasteiger partial charge in [0, 0.05) is 5.56 Å². The molecule has 0 spiro atoms. The predicted molar refractivity (Wildman–Crippen MR) is 87.5 cm³/mol. The van der Waals surface area contributed by atoms with Crippen LogP contribution < -0.4 is 5.32 Å². The highest BCUT2D eigenvalue weighted by Gasteiger charge is 2.17. The van der Waals surface area contributed by atoms with Crippen molar-refractivity contribution in [3.63, 3.8) is 0 Å². The van der Waals surface area contributed by atoms with Gasteiger partial charge in [-0.15, -0.1) is 0 Å². The largest absolute Gasteiger partial charge is 0.469 e. The minimum atomic E-state index is 0.175. The number of furan rings is 1. The number of aryl methyl sites for hydroxylation is 1. The number of hydrogen-bond acceptors (Lipinski definition) is 2. The van der Waals surface area contributed by atoms with Crippen molar-refractivity contribution in [1.82, 2.24) is 5.32 Å². The first-order valence-electron chi connectivity index (χ1n) is 7.55. The maximum atomic E-state index is 5.52. The lowest BCUT2D eigenvalue weighted by Crippen LogP contribution is -2.23. The van der Waals surface area contributed by atoms with Crippen LogP contribution in [0.25, 0.3) is 10.8 Å². The van der Waals surface area contributed by atoms with Gasteiger partial charge in [-0.1, -0.05) is 49.4 Å². The Morgan fingerprint density at radius 1 is 1.10 bits per heavy atom. The van der Waals surface area contributed by atoms with E-state index in [9.17, 15) is 0 Å². The second-order valence-electron chi connectivity index (χ2n) is 5.45. The molecule has 21 heavy (non-hydrogen) atoms. The second kappa shape index (κ2) is 6.15. The topological polar surface area (TPSA) is 25.2 Å². The van der Waals surface area contributed by atoms with Crippen molar-refractivity contribution in [3.05, 3.63) is 71.7 Å². The van der Waals surface area contributed by atoms with E-state index in [0.717, 1.165) is 18.7 Å². The minimum absolute atomic E-state index is 0.175. The van der Waals surface area contributed by atoms with Gasteiger partial charge >= 0.3 is 0 Å². The summed E-state index contributed by atoms with van der Waals surface area (Å²) in [4.78, 5) is 0. The molecule has 0 saturated heterocycles. The molecule has 1 heterocycles. The molecular formula is C19H21NO. The number of nitrogens with one attached hydrogen (secondary N) is 1. The fourth-order valence-corrected chi connectivity index (χ4v) is 2.81. The quantitative estimate of drug-likeness (QED) is 0.723. The molecule has 0 aliphatic heterocycles. The van der Waals surface area contributed by atoms with Crippen molar-refractivity contribution in [2.75, 3.05) is 6.54 Å². The Hall–Kier alpha value is -2.06. The van der Waals surface area contributed by atoms with Crippen LogP contribution in [0.15, 0.2) is 59.2 Å². The molecule has 2 nitrogen and oxygen atoms in total. The predicted octanol–water partition coefficient (Wildman–Crippen LogP) is 4.83. The molecule has 0 bridgehead atoms. The molecule has 0 saturated carbocycles. The van der Waals surface area contributed by atoms with Crippen molar-refractivity contribution in [3.8, 4) is 0 Å². The number of fused-ring (bicyclic) bond motifs is 1. The maximum Gasteiger partial charge on any atom is 0.101 e. The number of benzene rings is 2. The lowest BCUT2D eigenvalue weighted by atomic mass is 9.95. The molecule has 3 rings (SSSR count). The van der Waals surface area contributed by atoms with Crippen LogP contribution in [-0.4, -0.2) is 6.54 Å². The maximum absolute atomic E-state index is 5.52. The summed E-state index contributed by atoms with van der Waals surface area (Å²) in [5, 5.41) is 6.22. The normalized spacial score (nSPS) is 12.7. The molecule has 1 N–H and O–H groups in total. The van der Waals surface area contributed by atoms with Crippen molar-refractivity contribution in [2.45, 2.75) is 26.3 Å². The van der Waals surface area contributed by atoms with Crippen molar-refractivity contribution < 1.29 is 4.42 Å². The molecular weight excluding hydrogens is 258 g/mol. The molecule has 1 atom stereocenters. The zero-order chi connectivity index (χ0) is 14.7. The monoisotopic (exact) mass is 279 g/mol. The third kappa shape index (κ3) is 2.86. The first kappa shape index (κ1) is 13.9. The van der Waals surface area contributed by atoms with Crippen molar-refractivity contribution in [2.24, 2.45) is 0 Å². The van der Waals surface area contributed by atoms with Gasteiger partial charge in [0.1, 0.15) is 5.76 Å². The fraction of sp³-hybridized carbons (Fsp3) is 0.263. The molecule has 0 radical (unpaired) electrons. The number of rotatable bonds is 5. The summed E-state index contributed by atoms with van der Waals surface area (Å²) in [6.07, 6.45) is 2.97. The van der Waals surface area contributed by atoms with E-state index in [-0.39, 0.29) is 6.04 Å². The molecule has 0 fully saturated rings. The fourth-order valence-electron chi connectivity index (χ4n) is 2.81. The van der Waals surface area contributed by atoms with Crippen LogP contribution >= 0.6 is 0 Å². The smallest absolute Gasteiger partial charge is 0.101 e. The summed E-state index contributed by atoms with van der Waals surface area (Å²) in [6, 6.07) is 17.3. The molecule has 0 amide bonds. The molecule has 0 aliphatic rings. The summed E-state index contributed by atoms with van der Waals surface area (Å²) in [5.41, 5.74) is 2.50. The van der Waals surface area contributed by atoms with Gasteiger partial charge in [-0.3, -0.25) is 0 Å². The first-order chi connectivity index (χ1) is 10.3. The highest BCUT2D eigenvalue weighted by molar-refractivity contribution is 5.86. The Kier molecular flexibility index (Phi) is 4.07. The van der Waals surface area contributed by atoms with Crippen LogP contribution in [0.3, 0.4) is 0 Å². The van der Waals surface area contributed by atoms with Crippen LogP contribution in [0.1, 0.15) is 36.3 Å². The van der Waals surface area contributed by atoms with Gasteiger partial charge in [0.25, 0.3) is 0 Å². The van der Waals surface area contributed by atoms with Crippen LogP contribution in [-0.2, 0) is 0 Å². The van der Waals surface area contributed by atoms with Crippen LogP contribution in [0.2, 0.25) is 0 Å². The summed E-state index contributed by atoms with van der Waals surface area (Å²) in [5.74, 6) is 0.952. The summed E-state index contributed by atoms with van der Waals surface area (Å²) < 4.78 is 5.52. The van der Waals surface area contributed by atoms with Crippen LogP contribution in [0, 0.1) is 6.92 Å². The average molecular weight is 279 g/mol. The van der Waals surface area contributed by atoms with Gasteiger partial charge in [-0.05, 0) is 42.3 Å². The van der Waals surface area contributed by atoms with E-state index in [1.807, 2.05) is 13.2 Å². The standard InChI is InChI=1S/C19H21NO/c1-3-11-20-19(16-12-14(2)21-13-16)18-10-6-8-15-7-4-5-9-17(15)18/h4-10,12-13,19-20H,3,11H2,1-2H3. The lowest BCUT2D eigenvalue weighted by molar-refractivity contribution is 0.524. The molecule has 3 aromatic rings. The molecule has 108 valence electrons. The molecule has 2 aromatic carbocycles. The third-order valence-electron chi connectivity index (χ3n) is 3.82. The Labute approximate surface area is 125 Å². The van der Waals surface area contributed by atoms with E-state index in [1.165, 1.54) is 21.9 Å². The lowest BCUT2D eigenvalue weighted by Gasteiger charge is -2.19. The molecule has 1 aromatic heterocycles. The second-order valence-corrected chi connectivity index (χ2v) is 5.45. The van der Waals surface area contributed by atoms with Crippen LogP contribution in [0.5, 0.6) is 0 Å². The van der Waals surface area contributed by atoms with Crippen molar-refractivity contribution in [1.29, 1.82) is 0 Å². The Morgan fingerprint density at radius 3 is 2.67 bits per heavy atom. The van der Waals surface area contributed by atoms with Gasteiger partial charge in [-0.25, -0.2) is 0 Å². The van der Waals surface area contributed by atoms with Crippen LogP contribution in [0.4, 0.5) is 0 Å². The zero-order valence-electron chi connectivity index (χ0n) is 12.6. The van der Waals surface area contributed by atoms with Gasteiger partial charge < -0.3 is 9.73 Å². The Morgan fingerprint density at radius 2 is 1.90 bits per heavy atom.